The first kappa shape index (κ1) is 29.6. The van der Waals surface area contributed by atoms with Crippen molar-refractivity contribution in [3.63, 3.8) is 0 Å². The van der Waals surface area contributed by atoms with Gasteiger partial charge in [0.2, 0.25) is 0 Å². The molecule has 3 heteroatoms. The average molecular weight is 675 g/mol. The van der Waals surface area contributed by atoms with Gasteiger partial charge in [-0.15, -0.1) is 0 Å². The van der Waals surface area contributed by atoms with Crippen LogP contribution in [-0.4, -0.2) is 9.97 Å². The topological polar surface area (TPSA) is 38.9 Å². The van der Waals surface area contributed by atoms with E-state index < -0.39 is 0 Å². The Kier molecular flexibility index (Phi) is 6.55. The van der Waals surface area contributed by atoms with Gasteiger partial charge in [0.15, 0.2) is 5.82 Å². The number of hydrogen-bond acceptors (Lipinski definition) is 3. The van der Waals surface area contributed by atoms with Gasteiger partial charge in [-0.3, -0.25) is 0 Å². The van der Waals surface area contributed by atoms with Gasteiger partial charge in [-0.05, 0) is 84.5 Å². The summed E-state index contributed by atoms with van der Waals surface area (Å²) in [4.78, 5) is 10.5. The van der Waals surface area contributed by atoms with E-state index in [-0.39, 0.29) is 0 Å². The quantitative estimate of drug-likeness (QED) is 0.138. The molecule has 0 bridgehead atoms. The molecule has 53 heavy (non-hydrogen) atoms. The zero-order valence-electron chi connectivity index (χ0n) is 28.6. The molecule has 0 unspecified atom stereocenters. The number of benzene rings is 9. The summed E-state index contributed by atoms with van der Waals surface area (Å²) < 4.78 is 6.39. The number of furan rings is 1. The molecule has 0 atom stereocenters. The third-order valence-corrected chi connectivity index (χ3v) is 10.6. The Morgan fingerprint density at radius 1 is 0.340 bits per heavy atom. The monoisotopic (exact) mass is 674 g/mol. The lowest BCUT2D eigenvalue weighted by Crippen LogP contribution is -1.97. The third-order valence-electron chi connectivity index (χ3n) is 10.6. The van der Waals surface area contributed by atoms with Crippen LogP contribution in [0.15, 0.2) is 186 Å². The van der Waals surface area contributed by atoms with Crippen molar-refractivity contribution in [1.29, 1.82) is 0 Å². The molecule has 11 rings (SSSR count). The van der Waals surface area contributed by atoms with E-state index in [0.29, 0.717) is 5.82 Å². The van der Waals surface area contributed by atoms with Gasteiger partial charge in [0.05, 0.1) is 11.4 Å². The van der Waals surface area contributed by atoms with Gasteiger partial charge < -0.3 is 4.42 Å². The smallest absolute Gasteiger partial charge is 0.160 e. The van der Waals surface area contributed by atoms with Crippen molar-refractivity contribution in [3.05, 3.63) is 182 Å². The molecule has 0 aliphatic carbocycles. The molecule has 0 amide bonds. The van der Waals surface area contributed by atoms with Gasteiger partial charge in [-0.25, -0.2) is 9.97 Å². The molecule has 0 fully saturated rings. The summed E-state index contributed by atoms with van der Waals surface area (Å²) in [6.45, 7) is 0. The Balaban J connectivity index is 1.10. The van der Waals surface area contributed by atoms with Gasteiger partial charge in [0.1, 0.15) is 11.2 Å². The van der Waals surface area contributed by atoms with E-state index in [4.69, 9.17) is 14.4 Å². The highest BCUT2D eigenvalue weighted by Gasteiger charge is 2.18. The Morgan fingerprint density at radius 3 is 1.83 bits per heavy atom. The van der Waals surface area contributed by atoms with Crippen LogP contribution in [-0.2, 0) is 0 Å². The van der Waals surface area contributed by atoms with E-state index in [2.05, 4.69) is 164 Å². The molecule has 3 nitrogen and oxygen atoms in total. The Bertz CT molecular complexity index is 3210. The van der Waals surface area contributed by atoms with Crippen LogP contribution in [0.3, 0.4) is 0 Å². The number of hydrogen-bond donors (Lipinski definition) is 0. The van der Waals surface area contributed by atoms with Crippen molar-refractivity contribution in [2.24, 2.45) is 0 Å². The molecule has 0 N–H and O–H groups in total. The molecular weight excluding hydrogens is 645 g/mol. The van der Waals surface area contributed by atoms with Gasteiger partial charge in [0.25, 0.3) is 0 Å². The van der Waals surface area contributed by atoms with Crippen LogP contribution in [0.5, 0.6) is 0 Å². The summed E-state index contributed by atoms with van der Waals surface area (Å²) in [5.74, 6) is 0.700. The van der Waals surface area contributed by atoms with E-state index in [1.165, 1.54) is 43.1 Å². The molecule has 0 aliphatic rings. The minimum atomic E-state index is 0.700. The second kappa shape index (κ2) is 11.7. The largest absolute Gasteiger partial charge is 0.456 e. The lowest BCUT2D eigenvalue weighted by atomic mass is 9.91. The zero-order chi connectivity index (χ0) is 34.9. The maximum atomic E-state index is 6.39. The molecular formula is C50H30N2O. The molecule has 11 aromatic rings. The molecule has 246 valence electrons. The summed E-state index contributed by atoms with van der Waals surface area (Å²) in [6.07, 6.45) is 0. The van der Waals surface area contributed by atoms with Crippen molar-refractivity contribution in [2.75, 3.05) is 0 Å². The molecule has 0 radical (unpaired) electrons. The summed E-state index contributed by atoms with van der Waals surface area (Å²) in [6, 6.07) is 64.4. The first-order valence-electron chi connectivity index (χ1n) is 18.0. The lowest BCUT2D eigenvalue weighted by Gasteiger charge is -2.15. The highest BCUT2D eigenvalue weighted by atomic mass is 16.3. The number of nitrogens with zero attached hydrogens (tertiary/aromatic N) is 2. The van der Waals surface area contributed by atoms with Crippen LogP contribution in [0.25, 0.3) is 110 Å². The van der Waals surface area contributed by atoms with Crippen LogP contribution in [0.4, 0.5) is 0 Å². The fourth-order valence-electron chi connectivity index (χ4n) is 8.11. The van der Waals surface area contributed by atoms with Crippen LogP contribution < -0.4 is 0 Å². The second-order valence-corrected chi connectivity index (χ2v) is 13.7. The molecule has 0 spiro atoms. The molecule has 0 aliphatic heterocycles. The van der Waals surface area contributed by atoms with Crippen molar-refractivity contribution in [3.8, 4) is 45.0 Å². The molecule has 2 aromatic heterocycles. The Labute approximate surface area is 305 Å². The van der Waals surface area contributed by atoms with Gasteiger partial charge in [-0.1, -0.05) is 152 Å². The van der Waals surface area contributed by atoms with Gasteiger partial charge >= 0.3 is 0 Å². The van der Waals surface area contributed by atoms with Crippen LogP contribution in [0, 0.1) is 0 Å². The molecule has 2 heterocycles. The highest BCUT2D eigenvalue weighted by molar-refractivity contribution is 6.20. The predicted octanol–water partition coefficient (Wildman–Crippen LogP) is 13.7. The maximum Gasteiger partial charge on any atom is 0.160 e. The minimum absolute atomic E-state index is 0.700. The summed E-state index contributed by atoms with van der Waals surface area (Å²) in [5.41, 5.74) is 8.96. The molecule has 0 saturated carbocycles. The van der Waals surface area contributed by atoms with Crippen molar-refractivity contribution in [1.82, 2.24) is 9.97 Å². The number of aromatic nitrogens is 2. The zero-order valence-corrected chi connectivity index (χ0v) is 28.6. The standard InChI is InChI=1S/C50H30N2O/c1-2-12-34(13-3-1)50-51-44(30-45(52-50)48-40-18-9-7-16-37(40)28-42-38-17-8-6-11-31(38)25-26-41(42)48)33-23-21-32(22-24-33)39-19-10-20-46-49(39)43-27-35-14-4-5-15-36(35)29-47(43)53-46/h1-30H. The van der Waals surface area contributed by atoms with Crippen LogP contribution in [0.2, 0.25) is 0 Å². The second-order valence-electron chi connectivity index (χ2n) is 13.7. The van der Waals surface area contributed by atoms with Crippen molar-refractivity contribution in [2.45, 2.75) is 0 Å². The first-order valence-corrected chi connectivity index (χ1v) is 18.0. The molecule has 9 aromatic carbocycles. The SMILES string of the molecule is c1ccc(-c2nc(-c3ccc(-c4cccc5oc6cc7ccccc7cc6c45)cc3)cc(-c3c4ccccc4cc4c3ccc3ccccc34)n2)cc1. The van der Waals surface area contributed by atoms with Gasteiger partial charge in [-0.2, -0.15) is 0 Å². The van der Waals surface area contributed by atoms with Crippen LogP contribution >= 0.6 is 0 Å². The van der Waals surface area contributed by atoms with E-state index in [0.717, 1.165) is 61.1 Å². The van der Waals surface area contributed by atoms with Gasteiger partial charge in [0, 0.05) is 27.5 Å². The fraction of sp³-hybridized carbons (Fsp3) is 0. The summed E-state index contributed by atoms with van der Waals surface area (Å²) in [5, 5.41) is 11.8. The summed E-state index contributed by atoms with van der Waals surface area (Å²) >= 11 is 0. The Hall–Kier alpha value is -7.10. The van der Waals surface area contributed by atoms with Crippen molar-refractivity contribution < 1.29 is 4.42 Å². The minimum Gasteiger partial charge on any atom is -0.456 e. The first-order chi connectivity index (χ1) is 26.2. The highest BCUT2D eigenvalue weighted by Crippen LogP contribution is 2.42. The number of rotatable bonds is 4. The lowest BCUT2D eigenvalue weighted by molar-refractivity contribution is 0.669. The average Bonchev–Trinajstić information content (AvgIpc) is 3.59. The van der Waals surface area contributed by atoms with E-state index in [9.17, 15) is 0 Å². The van der Waals surface area contributed by atoms with E-state index >= 15 is 0 Å². The maximum absolute atomic E-state index is 6.39. The van der Waals surface area contributed by atoms with Crippen molar-refractivity contribution >= 4 is 65.0 Å². The Morgan fingerprint density at radius 2 is 1.00 bits per heavy atom. The molecule has 0 saturated heterocycles. The van der Waals surface area contributed by atoms with E-state index in [1.807, 2.05) is 18.2 Å². The van der Waals surface area contributed by atoms with Crippen LogP contribution in [0.1, 0.15) is 0 Å². The number of fused-ring (bicyclic) bond motifs is 8. The normalized spacial score (nSPS) is 11.8. The fourth-order valence-corrected chi connectivity index (χ4v) is 8.11. The predicted molar refractivity (Wildman–Crippen MR) is 221 cm³/mol. The third kappa shape index (κ3) is 4.82. The summed E-state index contributed by atoms with van der Waals surface area (Å²) in [7, 11) is 0. The van der Waals surface area contributed by atoms with E-state index in [1.54, 1.807) is 0 Å².